The number of anilines is 1. The average Bonchev–Trinajstić information content (AvgIpc) is 3.40. The van der Waals surface area contributed by atoms with Crippen molar-refractivity contribution in [3.63, 3.8) is 0 Å². The third-order valence-corrected chi connectivity index (χ3v) is 4.45. The molecule has 0 aliphatic carbocycles. The Morgan fingerprint density at radius 2 is 1.88 bits per heavy atom. The lowest BCUT2D eigenvalue weighted by Crippen LogP contribution is -2.32. The molecule has 0 aliphatic rings. The number of aromatic nitrogens is 3. The molecule has 1 aromatic carbocycles. The number of amides is 2. The SMILES string of the molecule is CC(C)(C)OC(=O)NCc1ccc(C(=O)Nc2nc3cccc(-c4ccoc4)n3n2)cc1. The van der Waals surface area contributed by atoms with Crippen molar-refractivity contribution in [3.8, 4) is 11.3 Å². The third-order valence-electron chi connectivity index (χ3n) is 4.45. The highest BCUT2D eigenvalue weighted by atomic mass is 16.6. The number of carbonyl (C=O) groups is 2. The normalized spacial score (nSPS) is 11.3. The number of carbonyl (C=O) groups excluding carboxylic acids is 2. The van der Waals surface area contributed by atoms with Crippen LogP contribution >= 0.6 is 0 Å². The van der Waals surface area contributed by atoms with Crippen molar-refractivity contribution < 1.29 is 18.7 Å². The van der Waals surface area contributed by atoms with Crippen LogP contribution < -0.4 is 10.6 Å². The number of fused-ring (bicyclic) bond motifs is 1. The van der Waals surface area contributed by atoms with Crippen LogP contribution in [-0.2, 0) is 11.3 Å². The molecule has 2 amide bonds. The summed E-state index contributed by atoms with van der Waals surface area (Å²) in [6, 6.07) is 14.3. The number of hydrogen-bond donors (Lipinski definition) is 2. The predicted octanol–water partition coefficient (Wildman–Crippen LogP) is 4.27. The first-order chi connectivity index (χ1) is 15.3. The van der Waals surface area contributed by atoms with Crippen LogP contribution in [0.15, 0.2) is 65.5 Å². The Morgan fingerprint density at radius 3 is 2.56 bits per heavy atom. The Morgan fingerprint density at radius 1 is 1.09 bits per heavy atom. The van der Waals surface area contributed by atoms with Gasteiger partial charge in [-0.25, -0.2) is 9.31 Å². The number of nitrogens with zero attached hydrogens (tertiary/aromatic N) is 3. The van der Waals surface area contributed by atoms with Gasteiger partial charge in [0.25, 0.3) is 5.91 Å². The van der Waals surface area contributed by atoms with Crippen LogP contribution in [0.3, 0.4) is 0 Å². The van der Waals surface area contributed by atoms with E-state index in [1.165, 1.54) is 0 Å². The van der Waals surface area contributed by atoms with E-state index in [-0.39, 0.29) is 11.9 Å². The van der Waals surface area contributed by atoms with Crippen LogP contribution in [0.25, 0.3) is 16.9 Å². The zero-order chi connectivity index (χ0) is 22.7. The first kappa shape index (κ1) is 21.1. The zero-order valence-corrected chi connectivity index (χ0v) is 18.0. The zero-order valence-electron chi connectivity index (χ0n) is 18.0. The molecule has 3 heterocycles. The molecule has 0 saturated carbocycles. The highest BCUT2D eigenvalue weighted by molar-refractivity contribution is 6.03. The van der Waals surface area contributed by atoms with E-state index in [9.17, 15) is 9.59 Å². The van der Waals surface area contributed by atoms with E-state index in [4.69, 9.17) is 9.15 Å². The highest BCUT2D eigenvalue weighted by Gasteiger charge is 2.16. The monoisotopic (exact) mass is 433 g/mol. The van der Waals surface area contributed by atoms with E-state index in [2.05, 4.69) is 20.7 Å². The summed E-state index contributed by atoms with van der Waals surface area (Å²) in [6.07, 6.45) is 2.71. The molecule has 0 fully saturated rings. The number of nitrogens with one attached hydrogen (secondary N) is 2. The minimum Gasteiger partial charge on any atom is -0.472 e. The van der Waals surface area contributed by atoms with E-state index in [0.29, 0.717) is 17.8 Å². The second-order valence-corrected chi connectivity index (χ2v) is 8.13. The summed E-state index contributed by atoms with van der Waals surface area (Å²) in [4.78, 5) is 28.8. The molecule has 3 aromatic heterocycles. The summed E-state index contributed by atoms with van der Waals surface area (Å²) >= 11 is 0. The van der Waals surface area contributed by atoms with Gasteiger partial charge in [0.1, 0.15) is 5.60 Å². The van der Waals surface area contributed by atoms with Gasteiger partial charge in [-0.3, -0.25) is 10.1 Å². The average molecular weight is 433 g/mol. The number of pyridine rings is 1. The molecule has 0 radical (unpaired) electrons. The molecule has 0 unspecified atom stereocenters. The molecule has 164 valence electrons. The van der Waals surface area contributed by atoms with Gasteiger partial charge in [0, 0.05) is 17.7 Å². The number of furan rings is 1. The largest absolute Gasteiger partial charge is 0.472 e. The summed E-state index contributed by atoms with van der Waals surface area (Å²) in [5, 5.41) is 9.81. The molecular weight excluding hydrogens is 410 g/mol. The summed E-state index contributed by atoms with van der Waals surface area (Å²) in [5.74, 6) is -0.140. The molecule has 0 saturated heterocycles. The van der Waals surface area contributed by atoms with Crippen molar-refractivity contribution in [1.82, 2.24) is 19.9 Å². The fourth-order valence-corrected chi connectivity index (χ4v) is 3.02. The Kier molecular flexibility index (Phi) is 5.63. The fourth-order valence-electron chi connectivity index (χ4n) is 3.02. The van der Waals surface area contributed by atoms with E-state index < -0.39 is 11.7 Å². The lowest BCUT2D eigenvalue weighted by Gasteiger charge is -2.19. The predicted molar refractivity (Wildman–Crippen MR) is 118 cm³/mol. The highest BCUT2D eigenvalue weighted by Crippen LogP contribution is 2.21. The van der Waals surface area contributed by atoms with Gasteiger partial charge in [0.05, 0.1) is 18.2 Å². The molecule has 0 aliphatic heterocycles. The van der Waals surface area contributed by atoms with Crippen molar-refractivity contribution in [2.75, 3.05) is 5.32 Å². The van der Waals surface area contributed by atoms with Crippen LogP contribution in [0.5, 0.6) is 0 Å². The van der Waals surface area contributed by atoms with E-state index >= 15 is 0 Å². The molecule has 4 aromatic rings. The number of alkyl carbamates (subject to hydrolysis) is 1. The molecule has 9 heteroatoms. The number of ether oxygens (including phenoxy) is 1. The molecule has 0 atom stereocenters. The molecule has 0 spiro atoms. The van der Waals surface area contributed by atoms with Crippen LogP contribution in [0.1, 0.15) is 36.7 Å². The summed E-state index contributed by atoms with van der Waals surface area (Å²) in [7, 11) is 0. The number of hydrogen-bond acceptors (Lipinski definition) is 6. The summed E-state index contributed by atoms with van der Waals surface area (Å²) < 4.78 is 12.0. The lowest BCUT2D eigenvalue weighted by atomic mass is 10.1. The Labute approximate surface area is 184 Å². The minimum absolute atomic E-state index is 0.196. The smallest absolute Gasteiger partial charge is 0.407 e. The van der Waals surface area contributed by atoms with Crippen LogP contribution in [0.4, 0.5) is 10.7 Å². The molecule has 32 heavy (non-hydrogen) atoms. The van der Waals surface area contributed by atoms with Crippen LogP contribution in [0, 0.1) is 0 Å². The Hall–Kier alpha value is -4.14. The molecule has 2 N–H and O–H groups in total. The van der Waals surface area contributed by atoms with Gasteiger partial charge in [-0.1, -0.05) is 18.2 Å². The second kappa shape index (κ2) is 8.54. The van der Waals surface area contributed by atoms with Gasteiger partial charge in [0.2, 0.25) is 5.95 Å². The molecule has 0 bridgehead atoms. The Bertz CT molecular complexity index is 1240. The molecule has 4 rings (SSSR count). The first-order valence-corrected chi connectivity index (χ1v) is 10.0. The maximum Gasteiger partial charge on any atom is 0.407 e. The maximum atomic E-state index is 12.6. The van der Waals surface area contributed by atoms with Gasteiger partial charge < -0.3 is 14.5 Å². The van der Waals surface area contributed by atoms with E-state index in [1.807, 2.05) is 18.2 Å². The van der Waals surface area contributed by atoms with Gasteiger partial charge >= 0.3 is 6.09 Å². The number of benzene rings is 1. The van der Waals surface area contributed by atoms with Gasteiger partial charge in [0.15, 0.2) is 5.65 Å². The standard InChI is InChI=1S/C23H23N5O4/c1-23(2,3)32-22(30)24-13-15-7-9-16(10-8-15)20(29)26-21-25-19-6-4-5-18(28(19)27-21)17-11-12-31-14-17/h4-12,14H,13H2,1-3H3,(H,24,30)(H,26,27,29). The van der Waals surface area contributed by atoms with Gasteiger partial charge in [-0.15, -0.1) is 5.10 Å². The second-order valence-electron chi connectivity index (χ2n) is 8.13. The van der Waals surface area contributed by atoms with Crippen LogP contribution in [-0.4, -0.2) is 32.2 Å². The fraction of sp³-hybridized carbons (Fsp3) is 0.217. The molecule has 9 nitrogen and oxygen atoms in total. The van der Waals surface area contributed by atoms with Crippen LogP contribution in [0.2, 0.25) is 0 Å². The van der Waals surface area contributed by atoms with Crippen molar-refractivity contribution in [1.29, 1.82) is 0 Å². The van der Waals surface area contributed by atoms with E-state index in [1.54, 1.807) is 68.1 Å². The van der Waals surface area contributed by atoms with Crippen molar-refractivity contribution in [2.24, 2.45) is 0 Å². The summed E-state index contributed by atoms with van der Waals surface area (Å²) in [5.41, 5.74) is 2.97. The van der Waals surface area contributed by atoms with Crippen molar-refractivity contribution in [3.05, 3.63) is 72.2 Å². The quantitative estimate of drug-likeness (QED) is 0.486. The minimum atomic E-state index is -0.558. The maximum absolute atomic E-state index is 12.6. The topological polar surface area (TPSA) is 111 Å². The van der Waals surface area contributed by atoms with Crippen molar-refractivity contribution >= 4 is 23.6 Å². The summed E-state index contributed by atoms with van der Waals surface area (Å²) in [6.45, 7) is 5.70. The van der Waals surface area contributed by atoms with Gasteiger partial charge in [-0.05, 0) is 56.7 Å². The molecular formula is C23H23N5O4. The Balaban J connectivity index is 1.41. The number of rotatable bonds is 5. The lowest BCUT2D eigenvalue weighted by molar-refractivity contribution is 0.0523. The van der Waals surface area contributed by atoms with E-state index in [0.717, 1.165) is 16.8 Å². The van der Waals surface area contributed by atoms with Crippen molar-refractivity contribution in [2.45, 2.75) is 32.9 Å². The first-order valence-electron chi connectivity index (χ1n) is 10.0. The van der Waals surface area contributed by atoms with Gasteiger partial charge in [-0.2, -0.15) is 4.98 Å². The third kappa shape index (κ3) is 4.94.